The molecule has 6 rings (SSSR count). The van der Waals surface area contributed by atoms with Crippen molar-refractivity contribution < 1.29 is 31.5 Å². The molecule has 1 atom stereocenters. The van der Waals surface area contributed by atoms with Gasteiger partial charge < -0.3 is 14.8 Å². The van der Waals surface area contributed by atoms with Gasteiger partial charge >= 0.3 is 0 Å². The number of ether oxygens (including phenoxy) is 2. The molecule has 0 spiro atoms. The van der Waals surface area contributed by atoms with Crippen LogP contribution in [0.25, 0.3) is 22.3 Å². The van der Waals surface area contributed by atoms with Crippen molar-refractivity contribution in [1.29, 1.82) is 0 Å². The van der Waals surface area contributed by atoms with E-state index in [1.165, 1.54) is 0 Å². The quantitative estimate of drug-likeness (QED) is 0.362. The molecule has 9 nitrogen and oxygen atoms in total. The number of carbonyl (C=O) groups excluding carboxylic acids is 1. The fraction of sp³-hybridized carbons (Fsp3) is 0.286. The standard InChI is InChI=1S/C28H24F2N4O5S/c1-38-23-7-6-21(34-26(23)15-2-3-15)20-5-4-16-13-31-18(12-22(16)33-20)14-32-28(35)17-10-19(29)27-24(11-17)40(36,37)25(30)8-9-39-27/h4-7,10-13,15,25H,2-3,8-9,14H2,1H3,(H,32,35)/t25-/m1/s1. The first-order valence-corrected chi connectivity index (χ1v) is 14.2. The number of fused-ring (bicyclic) bond motifs is 2. The summed E-state index contributed by atoms with van der Waals surface area (Å²) < 4.78 is 64.4. The molecule has 12 heteroatoms. The number of methoxy groups -OCH3 is 1. The Morgan fingerprint density at radius 3 is 2.65 bits per heavy atom. The number of carbonyl (C=O) groups is 1. The van der Waals surface area contributed by atoms with E-state index in [0.717, 1.165) is 47.5 Å². The van der Waals surface area contributed by atoms with Gasteiger partial charge in [0.05, 0.1) is 48.6 Å². The first kappa shape index (κ1) is 26.1. The Bertz CT molecular complexity index is 1760. The lowest BCUT2D eigenvalue weighted by Gasteiger charge is -2.12. The Morgan fingerprint density at radius 2 is 1.88 bits per heavy atom. The summed E-state index contributed by atoms with van der Waals surface area (Å²) in [4.78, 5) is 26.0. The van der Waals surface area contributed by atoms with Crippen LogP contribution in [0.15, 0.2) is 53.6 Å². The second kappa shape index (κ2) is 10.1. The van der Waals surface area contributed by atoms with E-state index in [2.05, 4.69) is 10.3 Å². The number of alkyl halides is 1. The third-order valence-corrected chi connectivity index (χ3v) is 8.72. The molecule has 206 valence electrons. The van der Waals surface area contributed by atoms with Crippen molar-refractivity contribution in [2.75, 3.05) is 13.7 Å². The number of halogens is 2. The monoisotopic (exact) mass is 566 g/mol. The summed E-state index contributed by atoms with van der Waals surface area (Å²) in [5.41, 5.74) is 0.896. The lowest BCUT2D eigenvalue weighted by Crippen LogP contribution is -2.24. The van der Waals surface area contributed by atoms with Crippen LogP contribution >= 0.6 is 0 Å². The average Bonchev–Trinajstić information content (AvgIpc) is 3.81. The number of hydrogen-bond acceptors (Lipinski definition) is 8. The molecule has 0 unspecified atom stereocenters. The number of rotatable bonds is 6. The molecule has 1 saturated carbocycles. The minimum atomic E-state index is -4.51. The molecule has 1 amide bonds. The molecule has 1 fully saturated rings. The predicted molar refractivity (Wildman–Crippen MR) is 141 cm³/mol. The van der Waals surface area contributed by atoms with E-state index < -0.39 is 44.1 Å². The minimum absolute atomic E-state index is 0.0407. The van der Waals surface area contributed by atoms with Gasteiger partial charge in [-0.15, -0.1) is 0 Å². The molecule has 40 heavy (non-hydrogen) atoms. The van der Waals surface area contributed by atoms with Crippen molar-refractivity contribution in [1.82, 2.24) is 20.3 Å². The molecule has 4 aromatic rings. The van der Waals surface area contributed by atoms with Crippen LogP contribution in [0.5, 0.6) is 11.5 Å². The van der Waals surface area contributed by atoms with Gasteiger partial charge in [0.15, 0.2) is 11.6 Å². The van der Waals surface area contributed by atoms with Gasteiger partial charge in [0, 0.05) is 29.5 Å². The molecule has 1 aromatic carbocycles. The second-order valence-electron chi connectivity index (χ2n) is 9.68. The van der Waals surface area contributed by atoms with Gasteiger partial charge in [0.2, 0.25) is 15.3 Å². The van der Waals surface area contributed by atoms with Gasteiger partial charge in [0.1, 0.15) is 10.6 Å². The number of benzene rings is 1. The molecule has 0 bridgehead atoms. The number of nitrogens with one attached hydrogen (secondary N) is 1. The number of amides is 1. The first-order chi connectivity index (χ1) is 19.2. The molecule has 0 saturated heterocycles. The molecular formula is C28H24F2N4O5S. The summed E-state index contributed by atoms with van der Waals surface area (Å²) in [6.07, 6.45) is 3.35. The topological polar surface area (TPSA) is 120 Å². The Hall–Kier alpha value is -4.19. The fourth-order valence-corrected chi connectivity index (χ4v) is 5.98. The lowest BCUT2D eigenvalue weighted by molar-refractivity contribution is 0.0949. The zero-order valence-corrected chi connectivity index (χ0v) is 22.2. The number of nitrogens with zero attached hydrogens (tertiary/aromatic N) is 3. The Morgan fingerprint density at radius 1 is 1.10 bits per heavy atom. The second-order valence-corrected chi connectivity index (χ2v) is 11.7. The van der Waals surface area contributed by atoms with Crippen LogP contribution in [0.4, 0.5) is 8.78 Å². The SMILES string of the molecule is COc1ccc(-c2ccc3cnc(CNC(=O)c4cc(F)c5c(c4)S(=O)(=O)[C@@H](F)CCO5)cc3n2)nc1C1CC1. The minimum Gasteiger partial charge on any atom is -0.495 e. The number of aromatic nitrogens is 3. The highest BCUT2D eigenvalue weighted by Crippen LogP contribution is 2.43. The Kier molecular flexibility index (Phi) is 6.57. The zero-order chi connectivity index (χ0) is 28.0. The van der Waals surface area contributed by atoms with Crippen LogP contribution in [0.2, 0.25) is 0 Å². The van der Waals surface area contributed by atoms with Crippen LogP contribution in [-0.4, -0.2) is 48.5 Å². The highest BCUT2D eigenvalue weighted by Gasteiger charge is 2.35. The summed E-state index contributed by atoms with van der Waals surface area (Å²) in [7, 11) is -2.88. The summed E-state index contributed by atoms with van der Waals surface area (Å²) in [5.74, 6) is -1.23. The van der Waals surface area contributed by atoms with Gasteiger partial charge in [-0.25, -0.2) is 27.2 Å². The highest BCUT2D eigenvalue weighted by molar-refractivity contribution is 7.92. The summed E-state index contributed by atoms with van der Waals surface area (Å²) in [6, 6.07) is 11.0. The Balaban J connectivity index is 1.23. The fourth-order valence-electron chi connectivity index (χ4n) is 4.59. The van der Waals surface area contributed by atoms with Crippen molar-refractivity contribution in [3.63, 3.8) is 0 Å². The molecule has 4 heterocycles. The van der Waals surface area contributed by atoms with Gasteiger partial charge in [-0.3, -0.25) is 9.78 Å². The summed E-state index contributed by atoms with van der Waals surface area (Å²) in [5, 5.41) is 3.39. The third-order valence-electron chi connectivity index (χ3n) is 6.90. The molecule has 1 aliphatic heterocycles. The van der Waals surface area contributed by atoms with Crippen molar-refractivity contribution in [3.05, 3.63) is 71.4 Å². The number of pyridine rings is 3. The van der Waals surface area contributed by atoms with Gasteiger partial charge in [-0.2, -0.15) is 0 Å². The van der Waals surface area contributed by atoms with Gasteiger partial charge in [0.25, 0.3) is 5.91 Å². The molecule has 1 N–H and O–H groups in total. The van der Waals surface area contributed by atoms with Crippen LogP contribution in [0.3, 0.4) is 0 Å². The molecular weight excluding hydrogens is 542 g/mol. The first-order valence-electron chi connectivity index (χ1n) is 12.7. The third kappa shape index (κ3) is 4.83. The van der Waals surface area contributed by atoms with E-state index in [1.807, 2.05) is 24.3 Å². The maximum absolute atomic E-state index is 14.6. The molecule has 1 aliphatic carbocycles. The molecule has 2 aliphatic rings. The smallest absolute Gasteiger partial charge is 0.251 e. The number of hydrogen-bond donors (Lipinski definition) is 1. The van der Waals surface area contributed by atoms with E-state index in [4.69, 9.17) is 19.4 Å². The largest absolute Gasteiger partial charge is 0.495 e. The van der Waals surface area contributed by atoms with Crippen LogP contribution in [-0.2, 0) is 16.4 Å². The molecule has 3 aromatic heterocycles. The Labute approximate surface area is 228 Å². The predicted octanol–water partition coefficient (Wildman–Crippen LogP) is 4.50. The summed E-state index contributed by atoms with van der Waals surface area (Å²) >= 11 is 0. The van der Waals surface area contributed by atoms with Gasteiger partial charge in [-0.1, -0.05) is 0 Å². The van der Waals surface area contributed by atoms with Crippen molar-refractivity contribution in [2.45, 2.75) is 42.1 Å². The van der Waals surface area contributed by atoms with Crippen molar-refractivity contribution >= 4 is 26.6 Å². The molecule has 0 radical (unpaired) electrons. The number of sulfone groups is 1. The maximum atomic E-state index is 14.6. The van der Waals surface area contributed by atoms with Gasteiger partial charge in [-0.05, 0) is 55.3 Å². The van der Waals surface area contributed by atoms with E-state index in [1.54, 1.807) is 19.4 Å². The highest BCUT2D eigenvalue weighted by atomic mass is 32.2. The van der Waals surface area contributed by atoms with E-state index in [0.29, 0.717) is 22.8 Å². The average molecular weight is 567 g/mol. The van der Waals surface area contributed by atoms with E-state index >= 15 is 0 Å². The normalized spacial score (nSPS) is 17.9. The zero-order valence-electron chi connectivity index (χ0n) is 21.4. The van der Waals surface area contributed by atoms with Crippen LogP contribution < -0.4 is 14.8 Å². The van der Waals surface area contributed by atoms with Crippen LogP contribution in [0, 0.1) is 5.82 Å². The van der Waals surface area contributed by atoms with E-state index in [9.17, 15) is 22.0 Å². The van der Waals surface area contributed by atoms with Crippen molar-refractivity contribution in [3.8, 4) is 22.9 Å². The maximum Gasteiger partial charge on any atom is 0.251 e. The van der Waals surface area contributed by atoms with E-state index in [-0.39, 0.29) is 18.7 Å². The van der Waals surface area contributed by atoms with Crippen LogP contribution in [0.1, 0.15) is 46.9 Å². The van der Waals surface area contributed by atoms with Crippen molar-refractivity contribution in [2.24, 2.45) is 0 Å². The lowest BCUT2D eigenvalue weighted by atomic mass is 10.1. The summed E-state index contributed by atoms with van der Waals surface area (Å²) in [6.45, 7) is -0.337.